The summed E-state index contributed by atoms with van der Waals surface area (Å²) in [5, 5.41) is 0. The van der Waals surface area contributed by atoms with E-state index in [2.05, 4.69) is 0 Å². The fourth-order valence-electron chi connectivity index (χ4n) is 2.94. The molecule has 1 aromatic rings. The van der Waals surface area contributed by atoms with Gasteiger partial charge in [-0.15, -0.1) is 0 Å². The molecule has 2 fully saturated rings. The van der Waals surface area contributed by atoms with Crippen LogP contribution in [-0.4, -0.2) is 36.0 Å². The van der Waals surface area contributed by atoms with E-state index in [9.17, 15) is 4.79 Å². The van der Waals surface area contributed by atoms with Crippen LogP contribution in [0.15, 0.2) is 30.3 Å². The predicted octanol–water partition coefficient (Wildman–Crippen LogP) is 2.18. The lowest BCUT2D eigenvalue weighted by Crippen LogP contribution is -2.43. The summed E-state index contributed by atoms with van der Waals surface area (Å²) >= 11 is 0. The summed E-state index contributed by atoms with van der Waals surface area (Å²) in [6, 6.07) is 9.96. The van der Waals surface area contributed by atoms with Gasteiger partial charge >= 0.3 is 0 Å². The number of likely N-dealkylation sites (tertiary alicyclic amines) is 1. The first-order valence-electron chi connectivity index (χ1n) is 7.97. The van der Waals surface area contributed by atoms with E-state index in [1.54, 1.807) is 0 Å². The molecular weight excluding hydrogens is 264 g/mol. The molecule has 0 radical (unpaired) electrons. The largest absolute Gasteiger partial charge is 0.490 e. The number of nitrogens with two attached hydrogens (primary N) is 1. The monoisotopic (exact) mass is 288 g/mol. The summed E-state index contributed by atoms with van der Waals surface area (Å²) in [6.45, 7) is 1.57. The number of amides is 1. The highest BCUT2D eigenvalue weighted by atomic mass is 16.5. The van der Waals surface area contributed by atoms with Crippen LogP contribution in [0.1, 0.15) is 32.1 Å². The van der Waals surface area contributed by atoms with Crippen LogP contribution in [0.2, 0.25) is 0 Å². The zero-order valence-electron chi connectivity index (χ0n) is 12.4. The summed E-state index contributed by atoms with van der Waals surface area (Å²) in [5.41, 5.74) is 6.04. The fourth-order valence-corrected chi connectivity index (χ4v) is 2.94. The van der Waals surface area contributed by atoms with E-state index in [4.69, 9.17) is 10.5 Å². The van der Waals surface area contributed by atoms with Gasteiger partial charge in [-0.25, -0.2) is 0 Å². The smallest absolute Gasteiger partial charge is 0.224 e. The Balaban J connectivity index is 1.43. The molecule has 1 atom stereocenters. The van der Waals surface area contributed by atoms with Crippen molar-refractivity contribution >= 4 is 5.91 Å². The van der Waals surface area contributed by atoms with Crippen molar-refractivity contribution in [2.75, 3.05) is 13.1 Å². The van der Waals surface area contributed by atoms with Gasteiger partial charge in [0, 0.05) is 38.4 Å². The van der Waals surface area contributed by atoms with Gasteiger partial charge in [0.25, 0.3) is 0 Å². The summed E-state index contributed by atoms with van der Waals surface area (Å²) < 4.78 is 5.95. The second-order valence-corrected chi connectivity index (χ2v) is 6.22. The SMILES string of the molecule is NC(CC(=O)N1CCC(Oc2ccccc2)CC1)C1CC1. The predicted molar refractivity (Wildman–Crippen MR) is 82.0 cm³/mol. The van der Waals surface area contributed by atoms with E-state index < -0.39 is 0 Å². The number of rotatable bonds is 5. The minimum Gasteiger partial charge on any atom is -0.490 e. The van der Waals surface area contributed by atoms with Crippen LogP contribution < -0.4 is 10.5 Å². The van der Waals surface area contributed by atoms with E-state index in [1.165, 1.54) is 12.8 Å². The van der Waals surface area contributed by atoms with Crippen molar-refractivity contribution in [3.8, 4) is 5.75 Å². The van der Waals surface area contributed by atoms with Crippen molar-refractivity contribution < 1.29 is 9.53 Å². The van der Waals surface area contributed by atoms with Gasteiger partial charge in [-0.1, -0.05) is 18.2 Å². The Kier molecular flexibility index (Phi) is 4.44. The van der Waals surface area contributed by atoms with Crippen LogP contribution in [0.4, 0.5) is 0 Å². The van der Waals surface area contributed by atoms with Crippen LogP contribution in [0, 0.1) is 5.92 Å². The molecule has 1 unspecified atom stereocenters. The number of ether oxygens (including phenoxy) is 1. The standard InChI is InChI=1S/C17H24N2O2/c18-16(13-6-7-13)12-17(20)19-10-8-15(9-11-19)21-14-4-2-1-3-5-14/h1-5,13,15-16H,6-12,18H2. The van der Waals surface area contributed by atoms with Crippen LogP contribution in [0.25, 0.3) is 0 Å². The topological polar surface area (TPSA) is 55.6 Å². The van der Waals surface area contributed by atoms with Gasteiger partial charge < -0.3 is 15.4 Å². The molecule has 1 amide bonds. The molecule has 0 spiro atoms. The van der Waals surface area contributed by atoms with E-state index in [-0.39, 0.29) is 18.1 Å². The molecule has 0 aromatic heterocycles. The van der Waals surface area contributed by atoms with Crippen molar-refractivity contribution in [2.24, 2.45) is 11.7 Å². The summed E-state index contributed by atoms with van der Waals surface area (Å²) in [6.07, 6.45) is 4.92. The van der Waals surface area contributed by atoms with Crippen LogP contribution in [0.5, 0.6) is 5.75 Å². The maximum absolute atomic E-state index is 12.2. The van der Waals surface area contributed by atoms with Crippen LogP contribution in [-0.2, 0) is 4.79 Å². The van der Waals surface area contributed by atoms with E-state index >= 15 is 0 Å². The van der Waals surface area contributed by atoms with Gasteiger partial charge in [0.1, 0.15) is 11.9 Å². The number of carbonyl (C=O) groups is 1. The molecule has 4 nitrogen and oxygen atoms in total. The van der Waals surface area contributed by atoms with Crippen LogP contribution in [0.3, 0.4) is 0 Å². The number of hydrogen-bond acceptors (Lipinski definition) is 3. The number of benzene rings is 1. The van der Waals surface area contributed by atoms with Gasteiger partial charge in [-0.05, 0) is 30.9 Å². The normalized spacial score (nSPS) is 21.1. The van der Waals surface area contributed by atoms with E-state index in [1.807, 2.05) is 35.2 Å². The molecule has 4 heteroatoms. The minimum atomic E-state index is 0.0655. The number of carbonyl (C=O) groups excluding carboxylic acids is 1. The highest BCUT2D eigenvalue weighted by molar-refractivity contribution is 5.77. The molecule has 3 rings (SSSR count). The van der Waals surface area contributed by atoms with Gasteiger partial charge in [0.05, 0.1) is 0 Å². The van der Waals surface area contributed by atoms with Crippen molar-refractivity contribution in [3.63, 3.8) is 0 Å². The minimum absolute atomic E-state index is 0.0655. The van der Waals surface area contributed by atoms with Crippen LogP contribution >= 0.6 is 0 Å². The van der Waals surface area contributed by atoms with Crippen molar-refractivity contribution in [1.29, 1.82) is 0 Å². The third-order valence-corrected chi connectivity index (χ3v) is 4.48. The van der Waals surface area contributed by atoms with Gasteiger partial charge in [-0.3, -0.25) is 4.79 Å². The third kappa shape index (κ3) is 3.97. The second kappa shape index (κ2) is 6.48. The Hall–Kier alpha value is -1.55. The van der Waals surface area contributed by atoms with Crippen molar-refractivity contribution in [2.45, 2.75) is 44.2 Å². The highest BCUT2D eigenvalue weighted by Crippen LogP contribution is 2.33. The molecule has 21 heavy (non-hydrogen) atoms. The van der Waals surface area contributed by atoms with Crippen molar-refractivity contribution in [3.05, 3.63) is 30.3 Å². The number of hydrogen-bond donors (Lipinski definition) is 1. The molecule has 1 saturated carbocycles. The Bertz CT molecular complexity index is 465. The molecular formula is C17H24N2O2. The highest BCUT2D eigenvalue weighted by Gasteiger charge is 2.32. The number of nitrogens with zero attached hydrogens (tertiary/aromatic N) is 1. The zero-order valence-corrected chi connectivity index (χ0v) is 12.4. The molecule has 1 aliphatic carbocycles. The maximum Gasteiger partial charge on any atom is 0.224 e. The zero-order chi connectivity index (χ0) is 14.7. The van der Waals surface area contributed by atoms with Gasteiger partial charge in [-0.2, -0.15) is 0 Å². The Morgan fingerprint density at radius 2 is 1.86 bits per heavy atom. The first-order chi connectivity index (χ1) is 10.2. The Morgan fingerprint density at radius 3 is 2.48 bits per heavy atom. The summed E-state index contributed by atoms with van der Waals surface area (Å²) in [5.74, 6) is 1.72. The van der Waals surface area contributed by atoms with Crippen molar-refractivity contribution in [1.82, 2.24) is 4.90 Å². The lowest BCUT2D eigenvalue weighted by atomic mass is 10.0. The molecule has 114 valence electrons. The molecule has 1 heterocycles. The Labute approximate surface area is 126 Å². The van der Waals surface area contributed by atoms with Gasteiger partial charge in [0.15, 0.2) is 0 Å². The second-order valence-electron chi connectivity index (χ2n) is 6.22. The number of para-hydroxylation sites is 1. The fraction of sp³-hybridized carbons (Fsp3) is 0.588. The third-order valence-electron chi connectivity index (χ3n) is 4.48. The molecule has 2 N–H and O–H groups in total. The average Bonchev–Trinajstić information content (AvgIpc) is 3.33. The van der Waals surface area contributed by atoms with Gasteiger partial charge in [0.2, 0.25) is 5.91 Å². The molecule has 0 bridgehead atoms. The molecule has 1 aliphatic heterocycles. The lowest BCUT2D eigenvalue weighted by molar-refractivity contribution is -0.133. The summed E-state index contributed by atoms with van der Waals surface area (Å²) in [7, 11) is 0. The quantitative estimate of drug-likeness (QED) is 0.903. The molecule has 1 saturated heterocycles. The first-order valence-corrected chi connectivity index (χ1v) is 7.97. The molecule has 1 aromatic carbocycles. The van der Waals surface area contributed by atoms with E-state index in [0.717, 1.165) is 31.7 Å². The number of piperidine rings is 1. The maximum atomic E-state index is 12.2. The molecule has 2 aliphatic rings. The first kappa shape index (κ1) is 14.4. The lowest BCUT2D eigenvalue weighted by Gasteiger charge is -2.32. The summed E-state index contributed by atoms with van der Waals surface area (Å²) in [4.78, 5) is 14.2. The van der Waals surface area contributed by atoms with E-state index in [0.29, 0.717) is 12.3 Å². The Morgan fingerprint density at radius 1 is 1.19 bits per heavy atom. The average molecular weight is 288 g/mol.